The minimum Gasteiger partial charge on any atom is -0.480 e. The Kier molecular flexibility index (Phi) is 15.0. The van der Waals surface area contributed by atoms with Crippen LogP contribution in [-0.4, -0.2) is 95.1 Å². The molecule has 0 aliphatic heterocycles. The SMILES string of the molecule is CSCCC(NC(=O)C(CC(N)=O)NC(=O)C(N)CCCN=C(N)N)C(=O)NC(CO)C(=O)O. The normalized spacial score (nSPS) is 14.1. The molecule has 0 heterocycles. The summed E-state index contributed by atoms with van der Waals surface area (Å²) in [7, 11) is 0. The highest BCUT2D eigenvalue weighted by Gasteiger charge is 2.30. The Labute approximate surface area is 200 Å². The molecule has 0 fully saturated rings. The summed E-state index contributed by atoms with van der Waals surface area (Å²) in [6, 6.07) is -5.23. The zero-order valence-electron chi connectivity index (χ0n) is 18.9. The maximum Gasteiger partial charge on any atom is 0.328 e. The van der Waals surface area contributed by atoms with Crippen molar-refractivity contribution >= 4 is 47.3 Å². The number of primary amides is 1. The predicted octanol–water partition coefficient (Wildman–Crippen LogP) is -4.47. The topological polar surface area (TPSA) is 278 Å². The van der Waals surface area contributed by atoms with Gasteiger partial charge in [0.15, 0.2) is 5.96 Å². The van der Waals surface area contributed by atoms with Crippen molar-refractivity contribution in [3.63, 3.8) is 0 Å². The van der Waals surface area contributed by atoms with Crippen molar-refractivity contribution in [3.8, 4) is 0 Å². The Hall–Kier alpha value is -3.11. The fourth-order valence-electron chi connectivity index (χ4n) is 2.57. The van der Waals surface area contributed by atoms with E-state index in [-0.39, 0.29) is 25.3 Å². The first-order chi connectivity index (χ1) is 15.9. The number of hydrogen-bond acceptors (Lipinski definition) is 9. The molecule has 4 unspecified atom stereocenters. The third kappa shape index (κ3) is 12.8. The Balaban J connectivity index is 5.29. The van der Waals surface area contributed by atoms with Crippen molar-refractivity contribution in [2.45, 2.75) is 49.9 Å². The Bertz CT molecular complexity index is 748. The van der Waals surface area contributed by atoms with E-state index in [9.17, 15) is 24.0 Å². The van der Waals surface area contributed by atoms with Gasteiger partial charge in [0, 0.05) is 6.54 Å². The number of nitrogens with two attached hydrogens (primary N) is 4. The summed E-state index contributed by atoms with van der Waals surface area (Å²) in [5, 5.41) is 25.0. The third-order valence-corrected chi connectivity index (χ3v) is 5.03. The molecule has 0 aromatic carbocycles. The maximum atomic E-state index is 12.8. The summed E-state index contributed by atoms with van der Waals surface area (Å²) in [4.78, 5) is 63.9. The molecule has 15 nitrogen and oxygen atoms in total. The van der Waals surface area contributed by atoms with E-state index in [1.54, 1.807) is 6.26 Å². The van der Waals surface area contributed by atoms with Crippen LogP contribution in [0.4, 0.5) is 0 Å². The highest BCUT2D eigenvalue weighted by molar-refractivity contribution is 7.98. The minimum atomic E-state index is -1.57. The molecule has 34 heavy (non-hydrogen) atoms. The number of carbonyl (C=O) groups is 5. The number of hydrogen-bond donors (Lipinski definition) is 9. The van der Waals surface area contributed by atoms with Crippen molar-refractivity contribution in [2.24, 2.45) is 27.9 Å². The molecule has 4 amide bonds. The molecular weight excluding hydrogens is 472 g/mol. The average Bonchev–Trinajstić information content (AvgIpc) is 2.75. The first kappa shape index (κ1) is 30.9. The Morgan fingerprint density at radius 2 is 1.47 bits per heavy atom. The van der Waals surface area contributed by atoms with E-state index in [0.717, 1.165) is 0 Å². The second-order valence-electron chi connectivity index (χ2n) is 7.21. The summed E-state index contributed by atoms with van der Waals surface area (Å²) in [5.41, 5.74) is 21.4. The molecule has 16 heteroatoms. The van der Waals surface area contributed by atoms with Gasteiger partial charge in [-0.05, 0) is 31.3 Å². The van der Waals surface area contributed by atoms with Crippen LogP contribution in [0.15, 0.2) is 4.99 Å². The fraction of sp³-hybridized carbons (Fsp3) is 0.667. The van der Waals surface area contributed by atoms with Gasteiger partial charge in [0.05, 0.1) is 19.1 Å². The molecule has 0 rings (SSSR count). The summed E-state index contributed by atoms with van der Waals surface area (Å²) in [6.45, 7) is -0.613. The van der Waals surface area contributed by atoms with Crippen molar-refractivity contribution in [1.82, 2.24) is 16.0 Å². The molecule has 0 spiro atoms. The highest BCUT2D eigenvalue weighted by Crippen LogP contribution is 2.04. The number of thioether (sulfide) groups is 1. The Morgan fingerprint density at radius 1 is 0.912 bits per heavy atom. The summed E-state index contributed by atoms with van der Waals surface area (Å²) in [6.07, 6.45) is 1.87. The summed E-state index contributed by atoms with van der Waals surface area (Å²) < 4.78 is 0. The number of aliphatic carboxylic acids is 1. The van der Waals surface area contributed by atoms with Gasteiger partial charge < -0.3 is 49.1 Å². The van der Waals surface area contributed by atoms with E-state index in [2.05, 4.69) is 20.9 Å². The largest absolute Gasteiger partial charge is 0.480 e. The lowest BCUT2D eigenvalue weighted by Crippen LogP contribution is -2.58. The first-order valence-electron chi connectivity index (χ1n) is 10.3. The first-order valence-corrected chi connectivity index (χ1v) is 11.6. The van der Waals surface area contributed by atoms with Crippen molar-refractivity contribution < 1.29 is 34.2 Å². The number of guanidine groups is 1. The van der Waals surface area contributed by atoms with Gasteiger partial charge in [0.25, 0.3) is 0 Å². The molecule has 0 saturated carbocycles. The lowest BCUT2D eigenvalue weighted by atomic mass is 10.1. The van der Waals surface area contributed by atoms with E-state index in [4.69, 9.17) is 33.1 Å². The molecule has 0 aliphatic rings. The van der Waals surface area contributed by atoms with Crippen LogP contribution in [0.25, 0.3) is 0 Å². The van der Waals surface area contributed by atoms with Crippen LogP contribution in [0, 0.1) is 0 Å². The van der Waals surface area contributed by atoms with E-state index >= 15 is 0 Å². The van der Waals surface area contributed by atoms with Gasteiger partial charge >= 0.3 is 5.97 Å². The number of nitrogens with one attached hydrogen (secondary N) is 3. The summed E-state index contributed by atoms with van der Waals surface area (Å²) >= 11 is 1.37. The van der Waals surface area contributed by atoms with E-state index < -0.39 is 66.8 Å². The Morgan fingerprint density at radius 3 is 1.97 bits per heavy atom. The van der Waals surface area contributed by atoms with Crippen LogP contribution in [0.5, 0.6) is 0 Å². The molecule has 0 aromatic heterocycles. The number of carboxylic acid groups (broad SMARTS) is 1. The molecule has 0 aromatic rings. The number of aliphatic imine (C=N–C) groups is 1. The van der Waals surface area contributed by atoms with Crippen molar-refractivity contribution in [3.05, 3.63) is 0 Å². The van der Waals surface area contributed by atoms with Gasteiger partial charge in [-0.3, -0.25) is 24.2 Å². The molecular formula is C18H34N8O7S. The van der Waals surface area contributed by atoms with Crippen LogP contribution in [0.3, 0.4) is 0 Å². The number of aliphatic hydroxyl groups excluding tert-OH is 1. The number of carbonyl (C=O) groups excluding carboxylic acids is 4. The fourth-order valence-corrected chi connectivity index (χ4v) is 3.05. The van der Waals surface area contributed by atoms with Crippen molar-refractivity contribution in [1.29, 1.82) is 0 Å². The minimum absolute atomic E-state index is 0.107. The van der Waals surface area contributed by atoms with Crippen LogP contribution in [0.2, 0.25) is 0 Å². The molecule has 194 valence electrons. The van der Waals surface area contributed by atoms with Crippen LogP contribution in [0.1, 0.15) is 25.7 Å². The highest BCUT2D eigenvalue weighted by atomic mass is 32.2. The van der Waals surface area contributed by atoms with Crippen molar-refractivity contribution in [2.75, 3.05) is 25.2 Å². The number of carboxylic acids is 1. The molecule has 0 radical (unpaired) electrons. The van der Waals surface area contributed by atoms with Gasteiger partial charge in [-0.25, -0.2) is 4.79 Å². The molecule has 0 saturated heterocycles. The second-order valence-corrected chi connectivity index (χ2v) is 8.20. The maximum absolute atomic E-state index is 12.8. The standard InChI is InChI=1S/C18H34N8O7S/c1-34-6-4-10(15(30)26-12(8-27)17(32)33)24-16(31)11(7-13(20)28)25-14(29)9(19)3-2-5-23-18(21)22/h9-12,27H,2-8,19H2,1H3,(H2,20,28)(H,24,31)(H,25,29)(H,26,30)(H,32,33)(H4,21,22,23). The van der Waals surface area contributed by atoms with Crippen LogP contribution < -0.4 is 38.9 Å². The monoisotopic (exact) mass is 506 g/mol. The molecule has 0 aliphatic carbocycles. The number of rotatable bonds is 17. The van der Waals surface area contributed by atoms with Gasteiger partial charge in [0.2, 0.25) is 23.6 Å². The van der Waals surface area contributed by atoms with E-state index in [0.29, 0.717) is 12.2 Å². The molecule has 4 atom stereocenters. The lowest BCUT2D eigenvalue weighted by molar-refractivity contribution is -0.143. The van der Waals surface area contributed by atoms with E-state index in [1.807, 2.05) is 0 Å². The molecule has 13 N–H and O–H groups in total. The number of aliphatic hydroxyl groups is 1. The lowest BCUT2D eigenvalue weighted by Gasteiger charge is -2.24. The zero-order chi connectivity index (χ0) is 26.3. The number of amides is 4. The second kappa shape index (κ2) is 16.5. The quantitative estimate of drug-likeness (QED) is 0.0515. The van der Waals surface area contributed by atoms with Gasteiger partial charge in [-0.1, -0.05) is 0 Å². The van der Waals surface area contributed by atoms with Crippen LogP contribution >= 0.6 is 11.8 Å². The van der Waals surface area contributed by atoms with Gasteiger partial charge in [0.1, 0.15) is 18.1 Å². The van der Waals surface area contributed by atoms with Gasteiger partial charge in [-0.15, -0.1) is 0 Å². The third-order valence-electron chi connectivity index (χ3n) is 4.38. The van der Waals surface area contributed by atoms with E-state index in [1.165, 1.54) is 11.8 Å². The predicted molar refractivity (Wildman–Crippen MR) is 125 cm³/mol. The molecule has 0 bridgehead atoms. The zero-order valence-corrected chi connectivity index (χ0v) is 19.7. The average molecular weight is 507 g/mol. The van der Waals surface area contributed by atoms with Crippen LogP contribution in [-0.2, 0) is 24.0 Å². The smallest absolute Gasteiger partial charge is 0.328 e. The number of nitrogens with zero attached hydrogens (tertiary/aromatic N) is 1. The summed E-state index contributed by atoms with van der Waals surface area (Å²) in [5.74, 6) is -4.52. The van der Waals surface area contributed by atoms with Gasteiger partial charge in [-0.2, -0.15) is 11.8 Å².